The predicted octanol–water partition coefficient (Wildman–Crippen LogP) is 6.15. The molecule has 1 nitrogen and oxygen atoms in total. The van der Waals surface area contributed by atoms with Gasteiger partial charge in [-0.25, -0.2) is 0 Å². The second-order valence-corrected chi connectivity index (χ2v) is 8.38. The van der Waals surface area contributed by atoms with Crippen LogP contribution >= 0.6 is 0 Å². The van der Waals surface area contributed by atoms with Crippen LogP contribution in [0.2, 0.25) is 0 Å². The van der Waals surface area contributed by atoms with Crippen molar-refractivity contribution in [2.75, 3.05) is 0 Å². The van der Waals surface area contributed by atoms with Gasteiger partial charge in [0.25, 0.3) is 0 Å². The van der Waals surface area contributed by atoms with Gasteiger partial charge in [0.1, 0.15) is 0 Å². The second kappa shape index (κ2) is 6.76. The Morgan fingerprint density at radius 3 is 1.75 bits per heavy atom. The molecule has 0 aromatic heterocycles. The Bertz CT molecular complexity index is 690. The first-order chi connectivity index (χ1) is 11.1. The minimum absolute atomic E-state index is 0.163. The van der Waals surface area contributed by atoms with Crippen LogP contribution in [0, 0.1) is 10.8 Å². The summed E-state index contributed by atoms with van der Waals surface area (Å²) < 4.78 is 0. The van der Waals surface area contributed by atoms with E-state index in [9.17, 15) is 4.79 Å². The maximum Gasteiger partial charge on any atom is 0.186 e. The van der Waals surface area contributed by atoms with Crippen molar-refractivity contribution in [2.45, 2.75) is 41.5 Å². The van der Waals surface area contributed by atoms with Crippen LogP contribution < -0.4 is 0 Å². The zero-order valence-corrected chi connectivity index (χ0v) is 15.7. The first kappa shape index (κ1) is 18.2. The summed E-state index contributed by atoms with van der Waals surface area (Å²) >= 11 is 0. The van der Waals surface area contributed by atoms with E-state index in [1.165, 1.54) is 5.56 Å². The summed E-state index contributed by atoms with van der Waals surface area (Å²) in [5, 5.41) is 0. The normalized spacial score (nSPS) is 16.2. The number of hydrogen-bond donors (Lipinski definition) is 0. The standard InChI is InChI=1S/C23H28O/c1-22(2,3)19-15-18(16-20(21(19)24)23(4,5)6)14-10-13-17-11-8-7-9-12-17/h7-16H,1-6H3/b13-10+. The predicted molar refractivity (Wildman–Crippen MR) is 104 cm³/mol. The molecule has 0 heterocycles. The van der Waals surface area contributed by atoms with Gasteiger partial charge in [-0.15, -0.1) is 0 Å². The van der Waals surface area contributed by atoms with Gasteiger partial charge in [0.05, 0.1) is 0 Å². The van der Waals surface area contributed by atoms with E-state index in [2.05, 4.69) is 65.8 Å². The average Bonchev–Trinajstić information content (AvgIpc) is 2.47. The van der Waals surface area contributed by atoms with Gasteiger partial charge in [0.2, 0.25) is 0 Å². The van der Waals surface area contributed by atoms with Crippen molar-refractivity contribution in [3.05, 3.63) is 76.9 Å². The van der Waals surface area contributed by atoms with E-state index in [1.54, 1.807) is 0 Å². The Hall–Kier alpha value is -2.15. The largest absolute Gasteiger partial charge is 0.289 e. The van der Waals surface area contributed by atoms with Gasteiger partial charge >= 0.3 is 0 Å². The number of allylic oxidation sites excluding steroid dienone is 7. The van der Waals surface area contributed by atoms with E-state index in [-0.39, 0.29) is 16.6 Å². The van der Waals surface area contributed by atoms with Crippen LogP contribution in [-0.2, 0) is 4.79 Å². The topological polar surface area (TPSA) is 17.1 Å². The summed E-state index contributed by atoms with van der Waals surface area (Å²) in [4.78, 5) is 12.9. The second-order valence-electron chi connectivity index (χ2n) is 8.38. The Kier molecular flexibility index (Phi) is 5.13. The first-order valence-electron chi connectivity index (χ1n) is 8.51. The van der Waals surface area contributed by atoms with Gasteiger partial charge in [-0.05, 0) is 34.1 Å². The highest BCUT2D eigenvalue weighted by molar-refractivity contribution is 6.11. The van der Waals surface area contributed by atoms with E-state index in [0.717, 1.165) is 16.7 Å². The third kappa shape index (κ3) is 4.44. The third-order valence-corrected chi connectivity index (χ3v) is 4.10. The van der Waals surface area contributed by atoms with Crippen molar-refractivity contribution in [1.82, 2.24) is 0 Å². The molecule has 0 radical (unpaired) electrons. The molecule has 0 spiro atoms. The minimum atomic E-state index is -0.163. The maximum absolute atomic E-state index is 12.9. The molecular weight excluding hydrogens is 292 g/mol. The molecule has 1 aliphatic rings. The highest BCUT2D eigenvalue weighted by Gasteiger charge is 2.33. The van der Waals surface area contributed by atoms with E-state index >= 15 is 0 Å². The van der Waals surface area contributed by atoms with Crippen LogP contribution in [0.1, 0.15) is 47.1 Å². The molecular formula is C23H28O. The Morgan fingerprint density at radius 1 is 0.792 bits per heavy atom. The van der Waals surface area contributed by atoms with Crippen molar-refractivity contribution in [2.24, 2.45) is 10.8 Å². The lowest BCUT2D eigenvalue weighted by atomic mass is 9.72. The minimum Gasteiger partial charge on any atom is -0.289 e. The van der Waals surface area contributed by atoms with Crippen LogP contribution in [0.4, 0.5) is 0 Å². The smallest absolute Gasteiger partial charge is 0.186 e. The number of hydrogen-bond acceptors (Lipinski definition) is 1. The fourth-order valence-corrected chi connectivity index (χ4v) is 2.70. The monoisotopic (exact) mass is 320 g/mol. The van der Waals surface area contributed by atoms with Gasteiger partial charge in [0.15, 0.2) is 5.78 Å². The van der Waals surface area contributed by atoms with Crippen molar-refractivity contribution in [3.8, 4) is 0 Å². The quantitative estimate of drug-likeness (QED) is 0.638. The van der Waals surface area contributed by atoms with E-state index in [1.807, 2.05) is 36.4 Å². The fourth-order valence-electron chi connectivity index (χ4n) is 2.70. The molecule has 2 rings (SSSR count). The summed E-state index contributed by atoms with van der Waals surface area (Å²) in [7, 11) is 0. The van der Waals surface area contributed by atoms with Crippen molar-refractivity contribution in [1.29, 1.82) is 0 Å². The Balaban J connectivity index is 2.41. The van der Waals surface area contributed by atoms with Gasteiger partial charge in [0, 0.05) is 11.1 Å². The van der Waals surface area contributed by atoms with E-state index < -0.39 is 0 Å². The molecule has 0 saturated heterocycles. The molecule has 1 aromatic carbocycles. The lowest BCUT2D eigenvalue weighted by Gasteiger charge is -2.31. The molecule has 1 heteroatoms. The van der Waals surface area contributed by atoms with Crippen LogP contribution in [-0.4, -0.2) is 5.78 Å². The molecule has 0 amide bonds. The molecule has 0 N–H and O–H groups in total. The lowest BCUT2D eigenvalue weighted by Crippen LogP contribution is -2.27. The molecule has 1 aromatic rings. The summed E-state index contributed by atoms with van der Waals surface area (Å²) in [5.74, 6) is 0.180. The van der Waals surface area contributed by atoms with Crippen LogP contribution in [0.3, 0.4) is 0 Å². The SMILES string of the molecule is CC(C)(C)C1=CC(=C/C=C/c2ccccc2)C=C(C(C)(C)C)C1=O. The zero-order valence-electron chi connectivity index (χ0n) is 15.7. The molecule has 0 saturated carbocycles. The maximum atomic E-state index is 12.9. The Morgan fingerprint density at radius 2 is 1.29 bits per heavy atom. The number of ketones is 1. The van der Waals surface area contributed by atoms with Crippen LogP contribution in [0.15, 0.2) is 71.4 Å². The number of carbonyl (C=O) groups excluding carboxylic acids is 1. The van der Waals surface area contributed by atoms with Gasteiger partial charge in [-0.1, -0.05) is 90.1 Å². The van der Waals surface area contributed by atoms with Crippen LogP contribution in [0.25, 0.3) is 6.08 Å². The summed E-state index contributed by atoms with van der Waals surface area (Å²) in [5.41, 5.74) is 3.69. The molecule has 0 atom stereocenters. The number of rotatable bonds is 2. The fraction of sp³-hybridized carbons (Fsp3) is 0.348. The summed E-state index contributed by atoms with van der Waals surface area (Å²) in [6.07, 6.45) is 10.3. The molecule has 1 aliphatic carbocycles. The molecule has 0 aliphatic heterocycles. The zero-order chi connectivity index (χ0) is 18.0. The van der Waals surface area contributed by atoms with Gasteiger partial charge in [-0.2, -0.15) is 0 Å². The summed E-state index contributed by atoms with van der Waals surface area (Å²) in [6, 6.07) is 10.2. The van der Waals surface area contributed by atoms with Crippen molar-refractivity contribution < 1.29 is 4.79 Å². The first-order valence-corrected chi connectivity index (χ1v) is 8.51. The average molecular weight is 320 g/mol. The van der Waals surface area contributed by atoms with E-state index in [4.69, 9.17) is 0 Å². The summed E-state index contributed by atoms with van der Waals surface area (Å²) in [6.45, 7) is 12.6. The number of benzene rings is 1. The van der Waals surface area contributed by atoms with E-state index in [0.29, 0.717) is 0 Å². The number of Topliss-reactive ketones (excluding diaryl/α,β-unsaturated/α-hetero) is 1. The highest BCUT2D eigenvalue weighted by Crippen LogP contribution is 2.38. The molecule has 0 unspecified atom stereocenters. The molecule has 0 fully saturated rings. The van der Waals surface area contributed by atoms with Crippen molar-refractivity contribution >= 4 is 11.9 Å². The molecule has 126 valence electrons. The molecule has 24 heavy (non-hydrogen) atoms. The lowest BCUT2D eigenvalue weighted by molar-refractivity contribution is -0.114. The van der Waals surface area contributed by atoms with Crippen LogP contribution in [0.5, 0.6) is 0 Å². The number of carbonyl (C=O) groups is 1. The highest BCUT2D eigenvalue weighted by atomic mass is 16.1. The van der Waals surface area contributed by atoms with Gasteiger partial charge in [-0.3, -0.25) is 4.79 Å². The Labute approximate surface area is 146 Å². The molecule has 0 bridgehead atoms. The van der Waals surface area contributed by atoms with Gasteiger partial charge < -0.3 is 0 Å². The third-order valence-electron chi connectivity index (χ3n) is 4.10. The van der Waals surface area contributed by atoms with Crippen molar-refractivity contribution in [3.63, 3.8) is 0 Å².